The van der Waals surface area contributed by atoms with Gasteiger partial charge in [-0.3, -0.25) is 9.59 Å². The molecule has 1 rings (SSSR count). The number of ether oxygens (including phenoxy) is 1. The highest BCUT2D eigenvalue weighted by Gasteiger charge is 2.29. The van der Waals surface area contributed by atoms with Crippen molar-refractivity contribution in [2.45, 2.75) is 25.8 Å². The first-order valence-corrected chi connectivity index (χ1v) is 7.17. The topological polar surface area (TPSA) is 61.9 Å². The van der Waals surface area contributed by atoms with E-state index >= 15 is 0 Å². The second-order valence-corrected chi connectivity index (χ2v) is 5.62. The molecule has 6 nitrogen and oxygen atoms in total. The predicted octanol–water partition coefficient (Wildman–Crippen LogP) is 0.360. The van der Waals surface area contributed by atoms with Crippen LogP contribution >= 0.6 is 12.4 Å². The van der Waals surface area contributed by atoms with Crippen LogP contribution in [0.5, 0.6) is 0 Å². The monoisotopic (exact) mass is 321 g/mol. The van der Waals surface area contributed by atoms with E-state index in [9.17, 15) is 9.59 Å². The van der Waals surface area contributed by atoms with Crippen molar-refractivity contribution < 1.29 is 14.3 Å². The lowest BCUT2D eigenvalue weighted by Gasteiger charge is -2.32. The lowest BCUT2D eigenvalue weighted by Crippen LogP contribution is -2.48. The van der Waals surface area contributed by atoms with Crippen molar-refractivity contribution in [1.29, 1.82) is 0 Å². The van der Waals surface area contributed by atoms with Crippen LogP contribution in [0.4, 0.5) is 0 Å². The third-order valence-electron chi connectivity index (χ3n) is 3.67. The number of halogens is 1. The van der Waals surface area contributed by atoms with Crippen LogP contribution in [0.25, 0.3) is 0 Å². The van der Waals surface area contributed by atoms with Gasteiger partial charge in [0.15, 0.2) is 0 Å². The van der Waals surface area contributed by atoms with Gasteiger partial charge in [-0.1, -0.05) is 0 Å². The van der Waals surface area contributed by atoms with Crippen LogP contribution in [-0.4, -0.2) is 75.1 Å². The van der Waals surface area contributed by atoms with Gasteiger partial charge in [0.2, 0.25) is 11.8 Å². The van der Waals surface area contributed by atoms with E-state index in [1.807, 2.05) is 0 Å². The molecular formula is C14H28ClN3O3. The average Bonchev–Trinajstić information content (AvgIpc) is 2.42. The Hall–Kier alpha value is -0.850. The summed E-state index contributed by atoms with van der Waals surface area (Å²) in [5.74, 6) is 0.0279. The number of nitrogens with one attached hydrogen (secondary N) is 1. The summed E-state index contributed by atoms with van der Waals surface area (Å²) in [6, 6.07) is 0.353. The molecule has 1 aliphatic rings. The fourth-order valence-corrected chi connectivity index (χ4v) is 2.39. The smallest absolute Gasteiger partial charge is 0.241 e. The molecule has 1 N–H and O–H groups in total. The van der Waals surface area contributed by atoms with Gasteiger partial charge in [-0.25, -0.2) is 0 Å². The van der Waals surface area contributed by atoms with Gasteiger partial charge in [-0.05, 0) is 26.3 Å². The van der Waals surface area contributed by atoms with E-state index in [4.69, 9.17) is 4.74 Å². The Bertz CT molecular complexity index is 339. The molecule has 1 fully saturated rings. The van der Waals surface area contributed by atoms with Crippen LogP contribution in [0.3, 0.4) is 0 Å². The molecule has 1 aliphatic heterocycles. The highest BCUT2D eigenvalue weighted by atomic mass is 35.5. The molecule has 0 aromatic rings. The summed E-state index contributed by atoms with van der Waals surface area (Å²) in [4.78, 5) is 27.6. The Kier molecular flexibility index (Phi) is 9.57. The molecule has 7 heteroatoms. The molecule has 0 aromatic heterocycles. The maximum absolute atomic E-state index is 12.6. The zero-order valence-electron chi connectivity index (χ0n) is 13.4. The van der Waals surface area contributed by atoms with E-state index in [1.165, 1.54) is 4.90 Å². The summed E-state index contributed by atoms with van der Waals surface area (Å²) in [7, 11) is 5.00. The van der Waals surface area contributed by atoms with Crippen molar-refractivity contribution >= 4 is 24.2 Å². The van der Waals surface area contributed by atoms with Crippen LogP contribution < -0.4 is 5.32 Å². The largest absolute Gasteiger partial charge is 0.383 e. The van der Waals surface area contributed by atoms with Crippen molar-refractivity contribution in [3.63, 3.8) is 0 Å². The summed E-state index contributed by atoms with van der Waals surface area (Å²) in [6.07, 6.45) is 1.67. The molecule has 0 bridgehead atoms. The number of hydrogen-bond donors (Lipinski definition) is 1. The van der Waals surface area contributed by atoms with Crippen molar-refractivity contribution in [3.8, 4) is 0 Å². The third-order valence-corrected chi connectivity index (χ3v) is 3.67. The van der Waals surface area contributed by atoms with Crippen LogP contribution in [0.2, 0.25) is 0 Å². The highest BCUT2D eigenvalue weighted by Crippen LogP contribution is 2.18. The molecule has 1 saturated heterocycles. The van der Waals surface area contributed by atoms with Crippen molar-refractivity contribution in [1.82, 2.24) is 15.1 Å². The Morgan fingerprint density at radius 3 is 2.52 bits per heavy atom. The van der Waals surface area contributed by atoms with E-state index in [-0.39, 0.29) is 36.7 Å². The zero-order valence-corrected chi connectivity index (χ0v) is 14.2. The van der Waals surface area contributed by atoms with Crippen LogP contribution in [0.1, 0.15) is 19.8 Å². The minimum absolute atomic E-state index is 0. The fourth-order valence-electron chi connectivity index (χ4n) is 2.39. The Labute approximate surface area is 133 Å². The minimum Gasteiger partial charge on any atom is -0.383 e. The van der Waals surface area contributed by atoms with Crippen LogP contribution in [0.15, 0.2) is 0 Å². The molecule has 124 valence electrons. The average molecular weight is 322 g/mol. The molecule has 2 atom stereocenters. The molecule has 0 aliphatic carbocycles. The Morgan fingerprint density at radius 1 is 1.33 bits per heavy atom. The van der Waals surface area contributed by atoms with Gasteiger partial charge in [0, 0.05) is 39.7 Å². The summed E-state index contributed by atoms with van der Waals surface area (Å²) in [5, 5.41) is 3.34. The van der Waals surface area contributed by atoms with E-state index < -0.39 is 0 Å². The first-order chi connectivity index (χ1) is 9.45. The minimum atomic E-state index is -0.0589. The number of rotatable bonds is 6. The molecule has 2 amide bonds. The molecule has 0 aromatic carbocycles. The summed E-state index contributed by atoms with van der Waals surface area (Å²) >= 11 is 0. The van der Waals surface area contributed by atoms with E-state index in [1.54, 1.807) is 26.1 Å². The van der Waals surface area contributed by atoms with E-state index in [0.29, 0.717) is 19.2 Å². The number of likely N-dealkylation sites (N-methyl/N-ethyl adjacent to an activating group) is 1. The first kappa shape index (κ1) is 20.1. The van der Waals surface area contributed by atoms with Gasteiger partial charge < -0.3 is 19.9 Å². The standard InChI is InChI=1S/C14H27N3O3.ClH/c1-11-9-12(5-6-15-11)14(19)17(7-8-20-4)10-13(18)16(2)3;/h11-12,15H,5-10H2,1-4H3;1H/t11-,12-;/m0./s1. The first-order valence-electron chi connectivity index (χ1n) is 7.17. The summed E-state index contributed by atoms with van der Waals surface area (Å²) in [5.41, 5.74) is 0. The number of hydrogen-bond acceptors (Lipinski definition) is 4. The van der Waals surface area contributed by atoms with Gasteiger partial charge in [0.25, 0.3) is 0 Å². The number of piperidine rings is 1. The SMILES string of the molecule is COCCN(CC(=O)N(C)C)C(=O)[C@H]1CCN[C@@H](C)C1.Cl. The second-order valence-electron chi connectivity index (χ2n) is 5.62. The van der Waals surface area contributed by atoms with Crippen LogP contribution in [0, 0.1) is 5.92 Å². The highest BCUT2D eigenvalue weighted by molar-refractivity contribution is 5.86. The lowest BCUT2D eigenvalue weighted by molar-refractivity contribution is -0.143. The van der Waals surface area contributed by atoms with Gasteiger partial charge in [-0.15, -0.1) is 12.4 Å². The lowest BCUT2D eigenvalue weighted by atomic mass is 9.92. The van der Waals surface area contributed by atoms with Gasteiger partial charge >= 0.3 is 0 Å². The van der Waals surface area contributed by atoms with E-state index in [2.05, 4.69) is 12.2 Å². The van der Waals surface area contributed by atoms with Gasteiger partial charge in [0.05, 0.1) is 13.2 Å². The molecule has 0 saturated carbocycles. The molecule has 1 heterocycles. The quantitative estimate of drug-likeness (QED) is 0.767. The number of carbonyl (C=O) groups is 2. The second kappa shape index (κ2) is 9.97. The Morgan fingerprint density at radius 2 is 2.00 bits per heavy atom. The number of amides is 2. The van der Waals surface area contributed by atoms with Crippen LogP contribution in [-0.2, 0) is 14.3 Å². The predicted molar refractivity (Wildman–Crippen MR) is 84.6 cm³/mol. The van der Waals surface area contributed by atoms with E-state index in [0.717, 1.165) is 19.4 Å². The zero-order chi connectivity index (χ0) is 15.1. The van der Waals surface area contributed by atoms with Crippen molar-refractivity contribution in [2.75, 3.05) is 47.4 Å². The number of nitrogens with zero attached hydrogens (tertiary/aromatic N) is 2. The van der Waals surface area contributed by atoms with Crippen molar-refractivity contribution in [3.05, 3.63) is 0 Å². The number of methoxy groups -OCH3 is 1. The molecule has 0 unspecified atom stereocenters. The summed E-state index contributed by atoms with van der Waals surface area (Å²) in [6.45, 7) is 3.99. The summed E-state index contributed by atoms with van der Waals surface area (Å²) < 4.78 is 5.04. The normalized spacial score (nSPS) is 21.3. The molecular weight excluding hydrogens is 294 g/mol. The van der Waals surface area contributed by atoms with Gasteiger partial charge in [-0.2, -0.15) is 0 Å². The molecule has 0 spiro atoms. The number of carbonyl (C=O) groups excluding carboxylic acids is 2. The fraction of sp³-hybridized carbons (Fsp3) is 0.857. The van der Waals surface area contributed by atoms with Crippen molar-refractivity contribution in [2.24, 2.45) is 5.92 Å². The maximum Gasteiger partial charge on any atom is 0.241 e. The maximum atomic E-state index is 12.6. The molecule has 0 radical (unpaired) electrons. The van der Waals surface area contributed by atoms with Gasteiger partial charge in [0.1, 0.15) is 0 Å². The Balaban J connectivity index is 0.00000400. The molecule has 21 heavy (non-hydrogen) atoms. The third kappa shape index (κ3) is 6.63.